The van der Waals surface area contributed by atoms with Crippen molar-refractivity contribution in [1.82, 2.24) is 9.55 Å². The Kier molecular flexibility index (Phi) is 4.17. The van der Waals surface area contributed by atoms with E-state index in [2.05, 4.69) is 90.4 Å². The molecule has 1 aromatic heterocycles. The number of benzene rings is 3. The lowest BCUT2D eigenvalue weighted by Crippen LogP contribution is -2.00. The molecule has 4 rings (SSSR count). The fraction of sp³-hybridized carbons (Fsp3) is 0.0870. The van der Waals surface area contributed by atoms with Crippen LogP contribution in [0.2, 0.25) is 0 Å². The van der Waals surface area contributed by atoms with E-state index in [0.717, 1.165) is 29.2 Å². The third-order valence-corrected chi connectivity index (χ3v) is 4.41. The van der Waals surface area contributed by atoms with Gasteiger partial charge in [0.2, 0.25) is 0 Å². The van der Waals surface area contributed by atoms with Crippen molar-refractivity contribution >= 4 is 0 Å². The fourth-order valence-corrected chi connectivity index (χ4v) is 3.25. The predicted octanol–water partition coefficient (Wildman–Crippen LogP) is 5.90. The Labute approximate surface area is 148 Å². The average Bonchev–Trinajstić information content (AvgIpc) is 3.09. The SMILES string of the molecule is CCn1c(-c2ccccc2)nc(-c2ccccc2)c1-c1ccccc1. The molecule has 2 heteroatoms. The van der Waals surface area contributed by atoms with Crippen molar-refractivity contribution in [3.05, 3.63) is 91.0 Å². The van der Waals surface area contributed by atoms with Gasteiger partial charge in [-0.05, 0) is 6.92 Å². The van der Waals surface area contributed by atoms with Crippen LogP contribution >= 0.6 is 0 Å². The zero-order valence-electron chi connectivity index (χ0n) is 14.3. The van der Waals surface area contributed by atoms with Crippen LogP contribution < -0.4 is 0 Å². The van der Waals surface area contributed by atoms with E-state index in [1.54, 1.807) is 0 Å². The first-order valence-electron chi connectivity index (χ1n) is 8.65. The first-order chi connectivity index (χ1) is 12.4. The van der Waals surface area contributed by atoms with Gasteiger partial charge in [0.1, 0.15) is 5.82 Å². The second kappa shape index (κ2) is 6.78. The molecule has 0 atom stereocenters. The van der Waals surface area contributed by atoms with E-state index in [4.69, 9.17) is 4.98 Å². The molecule has 0 saturated heterocycles. The normalized spacial score (nSPS) is 10.8. The molecule has 1 heterocycles. The smallest absolute Gasteiger partial charge is 0.141 e. The van der Waals surface area contributed by atoms with E-state index in [9.17, 15) is 0 Å². The molecular formula is C23H20N2. The Bertz CT molecular complexity index is 955. The number of imidazole rings is 1. The summed E-state index contributed by atoms with van der Waals surface area (Å²) in [5.41, 5.74) is 5.69. The zero-order chi connectivity index (χ0) is 17.1. The summed E-state index contributed by atoms with van der Waals surface area (Å²) in [7, 11) is 0. The summed E-state index contributed by atoms with van der Waals surface area (Å²) < 4.78 is 2.31. The average molecular weight is 324 g/mol. The molecule has 0 amide bonds. The third kappa shape index (κ3) is 2.87. The molecule has 2 nitrogen and oxygen atoms in total. The van der Waals surface area contributed by atoms with Crippen LogP contribution in [-0.2, 0) is 6.54 Å². The first kappa shape index (κ1) is 15.4. The molecule has 0 aliphatic rings. The van der Waals surface area contributed by atoms with Crippen LogP contribution in [0.3, 0.4) is 0 Å². The van der Waals surface area contributed by atoms with Crippen molar-refractivity contribution in [1.29, 1.82) is 0 Å². The summed E-state index contributed by atoms with van der Waals surface area (Å²) in [4.78, 5) is 5.06. The van der Waals surface area contributed by atoms with Gasteiger partial charge < -0.3 is 4.57 Å². The minimum absolute atomic E-state index is 0.869. The topological polar surface area (TPSA) is 17.8 Å². The number of aromatic nitrogens is 2. The highest BCUT2D eigenvalue weighted by Crippen LogP contribution is 2.35. The van der Waals surface area contributed by atoms with Crippen LogP contribution in [0, 0.1) is 0 Å². The van der Waals surface area contributed by atoms with Crippen molar-refractivity contribution < 1.29 is 0 Å². The minimum atomic E-state index is 0.869. The Hall–Kier alpha value is -3.13. The van der Waals surface area contributed by atoms with Crippen molar-refractivity contribution in [2.24, 2.45) is 0 Å². The molecule has 0 aliphatic heterocycles. The van der Waals surface area contributed by atoms with Gasteiger partial charge in [-0.2, -0.15) is 0 Å². The molecule has 3 aromatic carbocycles. The van der Waals surface area contributed by atoms with Crippen LogP contribution in [0.15, 0.2) is 91.0 Å². The van der Waals surface area contributed by atoms with E-state index in [1.165, 1.54) is 11.3 Å². The van der Waals surface area contributed by atoms with E-state index >= 15 is 0 Å². The van der Waals surface area contributed by atoms with Gasteiger partial charge in [0.25, 0.3) is 0 Å². The van der Waals surface area contributed by atoms with Crippen molar-refractivity contribution in [2.45, 2.75) is 13.5 Å². The van der Waals surface area contributed by atoms with Gasteiger partial charge in [0.05, 0.1) is 11.4 Å². The van der Waals surface area contributed by atoms with E-state index in [1.807, 2.05) is 12.1 Å². The third-order valence-electron chi connectivity index (χ3n) is 4.41. The molecule has 0 saturated carbocycles. The molecular weight excluding hydrogens is 304 g/mol. The molecule has 0 radical (unpaired) electrons. The van der Waals surface area contributed by atoms with Crippen molar-refractivity contribution in [3.63, 3.8) is 0 Å². The lowest BCUT2D eigenvalue weighted by atomic mass is 10.0. The molecule has 0 fully saturated rings. The molecule has 4 aromatic rings. The van der Waals surface area contributed by atoms with Crippen molar-refractivity contribution in [2.75, 3.05) is 0 Å². The van der Waals surface area contributed by atoms with Crippen LogP contribution in [0.5, 0.6) is 0 Å². The predicted molar refractivity (Wildman–Crippen MR) is 104 cm³/mol. The Morgan fingerprint density at radius 2 is 1.12 bits per heavy atom. The summed E-state index contributed by atoms with van der Waals surface area (Å²) >= 11 is 0. The maximum Gasteiger partial charge on any atom is 0.141 e. The summed E-state index contributed by atoms with van der Waals surface area (Å²) in [5, 5.41) is 0. The Morgan fingerprint density at radius 1 is 0.640 bits per heavy atom. The summed E-state index contributed by atoms with van der Waals surface area (Å²) in [5.74, 6) is 1.01. The fourth-order valence-electron chi connectivity index (χ4n) is 3.25. The largest absolute Gasteiger partial charge is 0.324 e. The number of nitrogens with zero attached hydrogens (tertiary/aromatic N) is 2. The molecule has 0 bridgehead atoms. The second-order valence-electron chi connectivity index (χ2n) is 5.97. The van der Waals surface area contributed by atoms with Crippen molar-refractivity contribution in [3.8, 4) is 33.9 Å². The highest BCUT2D eigenvalue weighted by molar-refractivity contribution is 5.82. The molecule has 0 aliphatic carbocycles. The Balaban J connectivity index is 2.02. The van der Waals surface area contributed by atoms with Gasteiger partial charge in [0, 0.05) is 23.2 Å². The van der Waals surface area contributed by atoms with Gasteiger partial charge in [-0.3, -0.25) is 0 Å². The second-order valence-corrected chi connectivity index (χ2v) is 5.97. The van der Waals surface area contributed by atoms with Crippen LogP contribution in [0.1, 0.15) is 6.92 Å². The van der Waals surface area contributed by atoms with Crippen LogP contribution in [-0.4, -0.2) is 9.55 Å². The first-order valence-corrected chi connectivity index (χ1v) is 8.65. The quantitative estimate of drug-likeness (QED) is 0.457. The van der Waals surface area contributed by atoms with Gasteiger partial charge >= 0.3 is 0 Å². The van der Waals surface area contributed by atoms with E-state index < -0.39 is 0 Å². The molecule has 0 unspecified atom stereocenters. The molecule has 0 N–H and O–H groups in total. The van der Waals surface area contributed by atoms with Crippen LogP contribution in [0.4, 0.5) is 0 Å². The Morgan fingerprint density at radius 3 is 1.64 bits per heavy atom. The lowest BCUT2D eigenvalue weighted by molar-refractivity contribution is 0.778. The summed E-state index contributed by atoms with van der Waals surface area (Å²) in [6.07, 6.45) is 0. The molecule has 25 heavy (non-hydrogen) atoms. The van der Waals surface area contributed by atoms with Gasteiger partial charge in [0.15, 0.2) is 0 Å². The number of hydrogen-bond acceptors (Lipinski definition) is 1. The highest BCUT2D eigenvalue weighted by atomic mass is 15.1. The van der Waals surface area contributed by atoms with E-state index in [-0.39, 0.29) is 0 Å². The maximum absolute atomic E-state index is 5.06. The van der Waals surface area contributed by atoms with Gasteiger partial charge in [-0.15, -0.1) is 0 Å². The van der Waals surface area contributed by atoms with Gasteiger partial charge in [-0.1, -0.05) is 91.0 Å². The zero-order valence-corrected chi connectivity index (χ0v) is 14.3. The maximum atomic E-state index is 5.06. The summed E-state index contributed by atoms with van der Waals surface area (Å²) in [6.45, 7) is 3.05. The molecule has 0 spiro atoms. The summed E-state index contributed by atoms with van der Waals surface area (Å²) in [6, 6.07) is 31.4. The van der Waals surface area contributed by atoms with Gasteiger partial charge in [-0.25, -0.2) is 4.98 Å². The standard InChI is InChI=1S/C23H20N2/c1-2-25-22(19-14-8-4-9-15-19)21(18-12-6-3-7-13-18)24-23(25)20-16-10-5-11-17-20/h3-17H,2H2,1H3. The minimum Gasteiger partial charge on any atom is -0.324 e. The number of rotatable bonds is 4. The van der Waals surface area contributed by atoms with E-state index in [0.29, 0.717) is 0 Å². The monoisotopic (exact) mass is 324 g/mol. The molecule has 122 valence electrons. The highest BCUT2D eigenvalue weighted by Gasteiger charge is 2.19. The number of hydrogen-bond donors (Lipinski definition) is 0. The van der Waals surface area contributed by atoms with Crippen LogP contribution in [0.25, 0.3) is 33.9 Å². The lowest BCUT2D eigenvalue weighted by Gasteiger charge is -2.11.